The molecule has 1 aliphatic heterocycles. The first-order valence-corrected chi connectivity index (χ1v) is 8.85. The summed E-state index contributed by atoms with van der Waals surface area (Å²) in [5, 5.41) is 0. The summed E-state index contributed by atoms with van der Waals surface area (Å²) in [6.07, 6.45) is 5.65. The highest BCUT2D eigenvalue weighted by Crippen LogP contribution is 2.22. The largest absolute Gasteiger partial charge is 0.323 e. The summed E-state index contributed by atoms with van der Waals surface area (Å²) in [5.41, 5.74) is 0.267. The number of carbonyl (C=O) groups is 1. The van der Waals surface area contributed by atoms with Crippen molar-refractivity contribution in [1.82, 2.24) is 4.90 Å². The molecule has 1 fully saturated rings. The van der Waals surface area contributed by atoms with E-state index in [9.17, 15) is 17.6 Å². The van der Waals surface area contributed by atoms with Crippen molar-refractivity contribution in [3.63, 3.8) is 0 Å². The third kappa shape index (κ3) is 3.63. The smallest absolute Gasteiger partial charge is 0.254 e. The fourth-order valence-corrected chi connectivity index (χ4v) is 4.39. The molecule has 1 atom stereocenters. The predicted molar refractivity (Wildman–Crippen MR) is 81.0 cm³/mol. The Labute approximate surface area is 131 Å². The molecule has 1 saturated heterocycles. The van der Waals surface area contributed by atoms with Crippen LogP contribution in [0.4, 0.5) is 4.39 Å². The predicted octanol–water partition coefficient (Wildman–Crippen LogP) is 1.85. The minimum atomic E-state index is -3.12. The molecular formula is C14H13BrFNO3S. The zero-order valence-electron chi connectivity index (χ0n) is 11.1. The Morgan fingerprint density at radius 1 is 1.52 bits per heavy atom. The van der Waals surface area contributed by atoms with Crippen molar-refractivity contribution in [3.8, 4) is 12.3 Å². The van der Waals surface area contributed by atoms with Gasteiger partial charge >= 0.3 is 0 Å². The number of halogens is 2. The van der Waals surface area contributed by atoms with Crippen molar-refractivity contribution in [2.24, 2.45) is 0 Å². The maximum absolute atomic E-state index is 13.2. The molecule has 0 aliphatic carbocycles. The number of sulfone groups is 1. The maximum Gasteiger partial charge on any atom is 0.254 e. The minimum Gasteiger partial charge on any atom is -0.323 e. The molecule has 1 amide bonds. The number of amides is 1. The van der Waals surface area contributed by atoms with Gasteiger partial charge in [-0.3, -0.25) is 4.79 Å². The first-order valence-electron chi connectivity index (χ1n) is 6.24. The number of hydrogen-bond donors (Lipinski definition) is 0. The van der Waals surface area contributed by atoms with Gasteiger partial charge in [-0.25, -0.2) is 12.8 Å². The molecule has 1 aromatic rings. The Kier molecular flexibility index (Phi) is 4.69. The highest BCUT2D eigenvalue weighted by atomic mass is 79.9. The van der Waals surface area contributed by atoms with E-state index in [1.165, 1.54) is 23.1 Å². The van der Waals surface area contributed by atoms with Crippen LogP contribution in [0.1, 0.15) is 16.8 Å². The average Bonchev–Trinajstić information content (AvgIpc) is 2.78. The number of terminal acetylenes is 1. The number of rotatable bonds is 3. The first-order chi connectivity index (χ1) is 9.84. The quantitative estimate of drug-likeness (QED) is 0.759. The molecule has 0 aromatic heterocycles. The number of nitrogens with zero attached hydrogens (tertiary/aromatic N) is 1. The van der Waals surface area contributed by atoms with E-state index in [-0.39, 0.29) is 28.1 Å². The Hall–Kier alpha value is -1.39. The van der Waals surface area contributed by atoms with E-state index < -0.39 is 27.6 Å². The van der Waals surface area contributed by atoms with E-state index in [0.717, 1.165) is 0 Å². The molecule has 0 spiro atoms. The molecule has 1 aromatic carbocycles. The zero-order chi connectivity index (χ0) is 15.6. The Morgan fingerprint density at radius 3 is 2.76 bits per heavy atom. The van der Waals surface area contributed by atoms with Crippen LogP contribution in [0.15, 0.2) is 22.7 Å². The Morgan fingerprint density at radius 2 is 2.24 bits per heavy atom. The van der Waals surface area contributed by atoms with Gasteiger partial charge in [-0.1, -0.05) is 5.92 Å². The second kappa shape index (κ2) is 6.16. The standard InChI is InChI=1S/C14H13BrFNO3S/c1-2-6-17(11-5-7-21(19,20)9-11)14(18)10-3-4-13(16)12(15)8-10/h1,3-4,8,11H,5-7,9H2. The minimum absolute atomic E-state index is 0.0218. The highest BCUT2D eigenvalue weighted by Gasteiger charge is 2.34. The van der Waals surface area contributed by atoms with Crippen LogP contribution in [0.5, 0.6) is 0 Å². The van der Waals surface area contributed by atoms with Gasteiger partial charge in [-0.15, -0.1) is 6.42 Å². The topological polar surface area (TPSA) is 54.5 Å². The first kappa shape index (κ1) is 16.0. The van der Waals surface area contributed by atoms with Crippen molar-refractivity contribution >= 4 is 31.7 Å². The molecule has 4 nitrogen and oxygen atoms in total. The summed E-state index contributed by atoms with van der Waals surface area (Å²) < 4.78 is 36.5. The van der Waals surface area contributed by atoms with Gasteiger partial charge in [0.25, 0.3) is 5.91 Å². The zero-order valence-corrected chi connectivity index (χ0v) is 13.5. The van der Waals surface area contributed by atoms with Gasteiger partial charge in [0.2, 0.25) is 0 Å². The highest BCUT2D eigenvalue weighted by molar-refractivity contribution is 9.10. The number of benzene rings is 1. The second-order valence-electron chi connectivity index (χ2n) is 4.82. The van der Waals surface area contributed by atoms with Crippen LogP contribution in [-0.4, -0.2) is 43.3 Å². The molecular weight excluding hydrogens is 361 g/mol. The molecule has 1 aliphatic rings. The Bertz CT molecular complexity index is 711. The van der Waals surface area contributed by atoms with E-state index in [4.69, 9.17) is 6.42 Å². The molecule has 0 N–H and O–H groups in total. The molecule has 1 heterocycles. The summed E-state index contributed by atoms with van der Waals surface area (Å²) in [5.74, 6) is 1.48. The lowest BCUT2D eigenvalue weighted by Crippen LogP contribution is -2.41. The fraction of sp³-hybridized carbons (Fsp3) is 0.357. The van der Waals surface area contributed by atoms with Crippen LogP contribution in [0.2, 0.25) is 0 Å². The molecule has 21 heavy (non-hydrogen) atoms. The molecule has 0 bridgehead atoms. The summed E-state index contributed by atoms with van der Waals surface area (Å²) in [7, 11) is -3.12. The fourth-order valence-electron chi connectivity index (χ4n) is 2.28. The number of carbonyl (C=O) groups excluding carboxylic acids is 1. The van der Waals surface area contributed by atoms with Crippen LogP contribution < -0.4 is 0 Å². The maximum atomic E-state index is 13.2. The molecule has 0 saturated carbocycles. The van der Waals surface area contributed by atoms with Crippen LogP contribution in [0.25, 0.3) is 0 Å². The van der Waals surface area contributed by atoms with Crippen molar-refractivity contribution in [3.05, 3.63) is 34.1 Å². The van der Waals surface area contributed by atoms with Crippen molar-refractivity contribution in [2.45, 2.75) is 12.5 Å². The third-order valence-corrected chi connectivity index (χ3v) is 5.70. The number of hydrogen-bond acceptors (Lipinski definition) is 3. The van der Waals surface area contributed by atoms with E-state index in [1.807, 2.05) is 0 Å². The van der Waals surface area contributed by atoms with E-state index in [0.29, 0.717) is 6.42 Å². The van der Waals surface area contributed by atoms with Crippen LogP contribution >= 0.6 is 15.9 Å². The second-order valence-corrected chi connectivity index (χ2v) is 7.91. The van der Waals surface area contributed by atoms with Crippen molar-refractivity contribution in [1.29, 1.82) is 0 Å². The normalized spacial score (nSPS) is 20.0. The van der Waals surface area contributed by atoms with Gasteiger partial charge < -0.3 is 4.90 Å². The van der Waals surface area contributed by atoms with Gasteiger partial charge in [0.05, 0.1) is 22.5 Å². The van der Waals surface area contributed by atoms with E-state index in [2.05, 4.69) is 21.9 Å². The summed E-state index contributed by atoms with van der Waals surface area (Å²) in [4.78, 5) is 13.9. The van der Waals surface area contributed by atoms with Crippen LogP contribution in [0, 0.1) is 18.2 Å². The van der Waals surface area contributed by atoms with E-state index >= 15 is 0 Å². The molecule has 2 rings (SSSR count). The summed E-state index contributed by atoms with van der Waals surface area (Å²) in [6, 6.07) is 3.47. The summed E-state index contributed by atoms with van der Waals surface area (Å²) >= 11 is 3.02. The molecule has 112 valence electrons. The van der Waals surface area contributed by atoms with Crippen molar-refractivity contribution < 1.29 is 17.6 Å². The average molecular weight is 374 g/mol. The van der Waals surface area contributed by atoms with Crippen LogP contribution in [0.3, 0.4) is 0 Å². The monoisotopic (exact) mass is 373 g/mol. The van der Waals surface area contributed by atoms with Gasteiger partial charge in [0, 0.05) is 11.6 Å². The SMILES string of the molecule is C#CCN(C(=O)c1ccc(F)c(Br)c1)C1CCS(=O)(=O)C1. The van der Waals surface area contributed by atoms with Gasteiger partial charge in [-0.05, 0) is 40.5 Å². The van der Waals surface area contributed by atoms with Crippen molar-refractivity contribution in [2.75, 3.05) is 18.1 Å². The molecule has 1 unspecified atom stereocenters. The van der Waals surface area contributed by atoms with Gasteiger partial charge in [0.15, 0.2) is 9.84 Å². The lowest BCUT2D eigenvalue weighted by atomic mass is 10.1. The van der Waals surface area contributed by atoms with Gasteiger partial charge in [0.1, 0.15) is 5.82 Å². The van der Waals surface area contributed by atoms with Crippen LogP contribution in [-0.2, 0) is 9.84 Å². The lowest BCUT2D eigenvalue weighted by Gasteiger charge is -2.26. The third-order valence-electron chi connectivity index (χ3n) is 3.34. The lowest BCUT2D eigenvalue weighted by molar-refractivity contribution is 0.0724. The molecule has 0 radical (unpaired) electrons. The molecule has 7 heteroatoms. The Balaban J connectivity index is 2.28. The van der Waals surface area contributed by atoms with Gasteiger partial charge in [-0.2, -0.15) is 0 Å². The van der Waals surface area contributed by atoms with E-state index in [1.54, 1.807) is 0 Å². The summed E-state index contributed by atoms with van der Waals surface area (Å²) in [6.45, 7) is 0.0218.